The second kappa shape index (κ2) is 1.99. The molecule has 0 bridgehead atoms. The number of rotatable bonds is 0. The first-order valence-corrected chi connectivity index (χ1v) is 5.10. The lowest BCUT2D eigenvalue weighted by atomic mass is 9.87. The van der Waals surface area contributed by atoms with Crippen molar-refractivity contribution < 1.29 is 0 Å². The highest BCUT2D eigenvalue weighted by atomic mass is 15.1. The lowest BCUT2D eigenvalue weighted by molar-refractivity contribution is 0.308. The van der Waals surface area contributed by atoms with Gasteiger partial charge < -0.3 is 4.57 Å². The topological polar surface area (TPSA) is 17.8 Å². The number of aromatic nitrogens is 2. The van der Waals surface area contributed by atoms with Crippen LogP contribution in [0.15, 0.2) is 12.4 Å². The van der Waals surface area contributed by atoms with E-state index in [0.717, 1.165) is 17.8 Å². The van der Waals surface area contributed by atoms with Gasteiger partial charge in [-0.15, -0.1) is 0 Å². The first-order valence-electron chi connectivity index (χ1n) is 5.10. The lowest BCUT2D eigenvalue weighted by Gasteiger charge is -2.20. The summed E-state index contributed by atoms with van der Waals surface area (Å²) < 4.78 is 2.32. The molecule has 0 spiro atoms. The Morgan fingerprint density at radius 2 is 2.23 bits per heavy atom. The van der Waals surface area contributed by atoms with E-state index in [0.29, 0.717) is 5.41 Å². The predicted molar refractivity (Wildman–Crippen MR) is 51.4 cm³/mol. The average Bonchev–Trinajstić information content (AvgIpc) is 2.39. The molecular formula is C11H16N2. The first kappa shape index (κ1) is 7.60. The van der Waals surface area contributed by atoms with E-state index in [1.807, 2.05) is 6.20 Å². The summed E-state index contributed by atoms with van der Waals surface area (Å²) >= 11 is 0. The Hall–Kier alpha value is -0.790. The van der Waals surface area contributed by atoms with Gasteiger partial charge in [0.25, 0.3) is 0 Å². The van der Waals surface area contributed by atoms with Crippen LogP contribution in [0, 0.1) is 17.3 Å². The Morgan fingerprint density at radius 1 is 1.46 bits per heavy atom. The maximum Gasteiger partial charge on any atom is 0.112 e. The predicted octanol–water partition coefficient (Wildman–Crippen LogP) is 2.27. The fourth-order valence-corrected chi connectivity index (χ4v) is 3.13. The van der Waals surface area contributed by atoms with Crippen LogP contribution in [0.1, 0.15) is 32.5 Å². The third kappa shape index (κ3) is 0.862. The van der Waals surface area contributed by atoms with Crippen molar-refractivity contribution in [1.29, 1.82) is 0 Å². The monoisotopic (exact) mass is 176 g/mol. The molecule has 1 aliphatic carbocycles. The molecule has 70 valence electrons. The molecule has 2 heteroatoms. The van der Waals surface area contributed by atoms with Crippen molar-refractivity contribution in [1.82, 2.24) is 9.55 Å². The van der Waals surface area contributed by atoms with Crippen LogP contribution >= 0.6 is 0 Å². The minimum absolute atomic E-state index is 0.465. The standard InChI is InChI=1S/C11H16N2/c1-11(2,3)9-7-6-13-5-4-12-10(13)8(7)9/h4-5,7-9H,6H2,1-3H3. The smallest absolute Gasteiger partial charge is 0.112 e. The molecule has 13 heavy (non-hydrogen) atoms. The largest absolute Gasteiger partial charge is 0.334 e. The van der Waals surface area contributed by atoms with Crippen LogP contribution in [-0.4, -0.2) is 9.55 Å². The summed E-state index contributed by atoms with van der Waals surface area (Å²) in [4.78, 5) is 4.45. The zero-order valence-corrected chi connectivity index (χ0v) is 8.49. The van der Waals surface area contributed by atoms with Gasteiger partial charge in [-0.2, -0.15) is 0 Å². The van der Waals surface area contributed by atoms with Crippen LogP contribution in [0.5, 0.6) is 0 Å². The zero-order chi connectivity index (χ0) is 9.22. The second-order valence-electron chi connectivity index (χ2n) is 5.52. The highest BCUT2D eigenvalue weighted by molar-refractivity contribution is 5.24. The van der Waals surface area contributed by atoms with Crippen LogP contribution in [0.25, 0.3) is 0 Å². The molecular weight excluding hydrogens is 160 g/mol. The Balaban J connectivity index is 1.93. The van der Waals surface area contributed by atoms with E-state index < -0.39 is 0 Å². The molecule has 1 fully saturated rings. The number of fused-ring (bicyclic) bond motifs is 3. The van der Waals surface area contributed by atoms with Crippen LogP contribution in [0.3, 0.4) is 0 Å². The van der Waals surface area contributed by atoms with Gasteiger partial charge in [0.1, 0.15) is 5.82 Å². The molecule has 2 aliphatic rings. The quantitative estimate of drug-likeness (QED) is 0.593. The molecule has 2 heterocycles. The highest BCUT2D eigenvalue weighted by Gasteiger charge is 2.61. The Morgan fingerprint density at radius 3 is 2.92 bits per heavy atom. The van der Waals surface area contributed by atoms with Crippen LogP contribution in [0.2, 0.25) is 0 Å². The molecule has 1 saturated carbocycles. The van der Waals surface area contributed by atoms with E-state index in [1.165, 1.54) is 12.4 Å². The van der Waals surface area contributed by atoms with Crippen molar-refractivity contribution in [2.24, 2.45) is 17.3 Å². The summed E-state index contributed by atoms with van der Waals surface area (Å²) in [5.41, 5.74) is 0.465. The number of hydrogen-bond donors (Lipinski definition) is 0. The van der Waals surface area contributed by atoms with Crippen molar-refractivity contribution in [3.63, 3.8) is 0 Å². The molecule has 1 aliphatic heterocycles. The third-order valence-corrected chi connectivity index (χ3v) is 3.62. The fraction of sp³-hybridized carbons (Fsp3) is 0.727. The minimum atomic E-state index is 0.465. The number of imidazole rings is 1. The SMILES string of the molecule is CC(C)(C)C1C2Cn3ccnc3C21. The van der Waals surface area contributed by atoms with E-state index in [2.05, 4.69) is 36.5 Å². The van der Waals surface area contributed by atoms with Gasteiger partial charge in [-0.1, -0.05) is 20.8 Å². The van der Waals surface area contributed by atoms with E-state index in [-0.39, 0.29) is 0 Å². The zero-order valence-electron chi connectivity index (χ0n) is 8.49. The van der Waals surface area contributed by atoms with Gasteiger partial charge in [0.2, 0.25) is 0 Å². The molecule has 0 saturated heterocycles. The Labute approximate surface area is 79.0 Å². The molecule has 0 radical (unpaired) electrons. The second-order valence-corrected chi connectivity index (χ2v) is 5.52. The molecule has 3 unspecified atom stereocenters. The van der Waals surface area contributed by atoms with Crippen LogP contribution in [0.4, 0.5) is 0 Å². The van der Waals surface area contributed by atoms with Crippen LogP contribution in [-0.2, 0) is 6.54 Å². The summed E-state index contributed by atoms with van der Waals surface area (Å²) in [6.07, 6.45) is 4.05. The molecule has 1 aromatic rings. The summed E-state index contributed by atoms with van der Waals surface area (Å²) in [5, 5.41) is 0. The maximum atomic E-state index is 4.45. The molecule has 1 aromatic heterocycles. The average molecular weight is 176 g/mol. The molecule has 3 rings (SSSR count). The summed E-state index contributed by atoms with van der Waals surface area (Å²) in [6, 6.07) is 0. The van der Waals surface area contributed by atoms with Crippen molar-refractivity contribution in [3.05, 3.63) is 18.2 Å². The molecule has 0 N–H and O–H groups in total. The van der Waals surface area contributed by atoms with Gasteiger partial charge in [-0.05, 0) is 17.3 Å². The summed E-state index contributed by atoms with van der Waals surface area (Å²) in [5.74, 6) is 3.88. The van der Waals surface area contributed by atoms with Gasteiger partial charge in [-0.25, -0.2) is 4.98 Å². The van der Waals surface area contributed by atoms with Gasteiger partial charge in [0, 0.05) is 24.9 Å². The maximum absolute atomic E-state index is 4.45. The van der Waals surface area contributed by atoms with E-state index in [1.54, 1.807) is 0 Å². The number of nitrogens with zero attached hydrogens (tertiary/aromatic N) is 2. The van der Waals surface area contributed by atoms with Gasteiger partial charge in [0.05, 0.1) is 0 Å². The Bertz CT molecular complexity index is 345. The normalized spacial score (nSPS) is 35.8. The lowest BCUT2D eigenvalue weighted by Crippen LogP contribution is -2.14. The molecule has 0 amide bonds. The van der Waals surface area contributed by atoms with Crippen molar-refractivity contribution in [2.75, 3.05) is 0 Å². The van der Waals surface area contributed by atoms with Gasteiger partial charge >= 0.3 is 0 Å². The van der Waals surface area contributed by atoms with E-state index in [9.17, 15) is 0 Å². The molecule has 3 atom stereocenters. The summed E-state index contributed by atoms with van der Waals surface area (Å²) in [7, 11) is 0. The molecule has 0 aromatic carbocycles. The number of hydrogen-bond acceptors (Lipinski definition) is 1. The summed E-state index contributed by atoms with van der Waals surface area (Å²) in [6.45, 7) is 8.26. The van der Waals surface area contributed by atoms with Crippen molar-refractivity contribution in [3.8, 4) is 0 Å². The van der Waals surface area contributed by atoms with Gasteiger partial charge in [0.15, 0.2) is 0 Å². The van der Waals surface area contributed by atoms with Crippen LogP contribution < -0.4 is 0 Å². The van der Waals surface area contributed by atoms with Crippen molar-refractivity contribution in [2.45, 2.75) is 33.2 Å². The van der Waals surface area contributed by atoms with E-state index >= 15 is 0 Å². The highest BCUT2D eigenvalue weighted by Crippen LogP contribution is 2.65. The fourth-order valence-electron chi connectivity index (χ4n) is 3.13. The third-order valence-electron chi connectivity index (χ3n) is 3.62. The van der Waals surface area contributed by atoms with Gasteiger partial charge in [-0.3, -0.25) is 0 Å². The minimum Gasteiger partial charge on any atom is -0.334 e. The molecule has 2 nitrogen and oxygen atoms in total. The first-order chi connectivity index (χ1) is 6.09. The van der Waals surface area contributed by atoms with Crippen molar-refractivity contribution >= 4 is 0 Å². The Kier molecular flexibility index (Phi) is 1.17. The van der Waals surface area contributed by atoms with E-state index in [4.69, 9.17) is 0 Å².